The van der Waals surface area contributed by atoms with Crippen molar-refractivity contribution >= 4 is 17.7 Å². The molecule has 0 aliphatic carbocycles. The molecule has 1 rings (SSSR count). The molecule has 0 spiro atoms. The number of hydrogen-bond acceptors (Lipinski definition) is 5. The summed E-state index contributed by atoms with van der Waals surface area (Å²) < 4.78 is 0. The molecule has 1 aromatic heterocycles. The van der Waals surface area contributed by atoms with Crippen molar-refractivity contribution in [3.8, 4) is 0 Å². The lowest BCUT2D eigenvalue weighted by Crippen LogP contribution is -2.15. The molecule has 5 heteroatoms. The minimum atomic E-state index is -0.345. The number of rotatable bonds is 5. The Morgan fingerprint density at radius 3 is 2.75 bits per heavy atom. The Balaban J connectivity index is 2.81. The van der Waals surface area contributed by atoms with E-state index in [1.807, 2.05) is 27.0 Å². The van der Waals surface area contributed by atoms with E-state index in [0.29, 0.717) is 5.95 Å². The highest BCUT2D eigenvalue weighted by Crippen LogP contribution is 2.26. The number of aromatic nitrogens is 2. The van der Waals surface area contributed by atoms with Crippen LogP contribution >= 0.6 is 11.8 Å². The van der Waals surface area contributed by atoms with Crippen molar-refractivity contribution in [1.29, 1.82) is 0 Å². The molecule has 4 nitrogen and oxygen atoms in total. The molecule has 0 bridgehead atoms. The number of nitrogens with one attached hydrogen (secondary N) is 1. The maximum Gasteiger partial charge on any atom is 0.223 e. The molecule has 2 atom stereocenters. The predicted octanol–water partition coefficient (Wildman–Crippen LogP) is 2.08. The number of aliphatic hydroxyl groups is 1. The molecule has 90 valence electrons. The van der Waals surface area contributed by atoms with E-state index in [2.05, 4.69) is 15.3 Å². The zero-order valence-corrected chi connectivity index (χ0v) is 11.0. The second-order valence-corrected chi connectivity index (χ2v) is 5.14. The van der Waals surface area contributed by atoms with Gasteiger partial charge >= 0.3 is 0 Å². The van der Waals surface area contributed by atoms with Crippen LogP contribution in [-0.2, 0) is 0 Å². The predicted molar refractivity (Wildman–Crippen MR) is 67.9 cm³/mol. The van der Waals surface area contributed by atoms with Crippen LogP contribution in [0.4, 0.5) is 5.95 Å². The Bertz CT molecular complexity index is 344. The van der Waals surface area contributed by atoms with Crippen molar-refractivity contribution < 1.29 is 5.11 Å². The second-order valence-electron chi connectivity index (χ2n) is 3.78. The zero-order chi connectivity index (χ0) is 12.1. The molecule has 0 saturated carbocycles. The summed E-state index contributed by atoms with van der Waals surface area (Å²) in [6.45, 7) is 8.57. The van der Waals surface area contributed by atoms with Crippen LogP contribution in [0.3, 0.4) is 0 Å². The first-order chi connectivity index (χ1) is 7.54. The van der Waals surface area contributed by atoms with Crippen LogP contribution in [0.15, 0.2) is 11.2 Å². The maximum atomic E-state index is 9.47. The molecule has 0 radical (unpaired) electrons. The summed E-state index contributed by atoms with van der Waals surface area (Å²) >= 11 is 1.58. The summed E-state index contributed by atoms with van der Waals surface area (Å²) in [5.41, 5.74) is 1.04. The third-order valence-electron chi connectivity index (χ3n) is 2.24. The van der Waals surface area contributed by atoms with Crippen LogP contribution in [-0.4, -0.2) is 33.0 Å². The molecular formula is C11H19N3OS. The van der Waals surface area contributed by atoms with Gasteiger partial charge < -0.3 is 10.4 Å². The summed E-state index contributed by atoms with van der Waals surface area (Å²) in [5.74, 6) is 0.647. The van der Waals surface area contributed by atoms with Gasteiger partial charge in [0.1, 0.15) is 5.03 Å². The van der Waals surface area contributed by atoms with Crippen molar-refractivity contribution in [3.63, 3.8) is 0 Å². The van der Waals surface area contributed by atoms with Gasteiger partial charge in [-0.25, -0.2) is 9.97 Å². The molecule has 2 N–H and O–H groups in total. The number of thioether (sulfide) groups is 1. The standard InChI is InChI=1S/C11H19N3OS/c1-5-12-11-13-6-7(2)10(14-11)16-9(4)8(3)15/h6,8-9,15H,5H2,1-4H3,(H,12,13,14). The first-order valence-electron chi connectivity index (χ1n) is 5.46. The largest absolute Gasteiger partial charge is 0.392 e. The number of anilines is 1. The van der Waals surface area contributed by atoms with Crippen LogP contribution in [0.5, 0.6) is 0 Å². The highest BCUT2D eigenvalue weighted by Gasteiger charge is 2.13. The molecule has 0 aromatic carbocycles. The van der Waals surface area contributed by atoms with Crippen molar-refractivity contribution in [2.24, 2.45) is 0 Å². The summed E-state index contributed by atoms with van der Waals surface area (Å²) in [7, 11) is 0. The van der Waals surface area contributed by atoms with Gasteiger partial charge in [0.05, 0.1) is 6.10 Å². The Labute approximate surface area is 101 Å². The third kappa shape index (κ3) is 3.64. The van der Waals surface area contributed by atoms with Crippen molar-refractivity contribution in [1.82, 2.24) is 9.97 Å². The Morgan fingerprint density at radius 2 is 2.19 bits per heavy atom. The number of nitrogens with zero attached hydrogens (tertiary/aromatic N) is 2. The van der Waals surface area contributed by atoms with E-state index < -0.39 is 0 Å². The number of aryl methyl sites for hydroxylation is 1. The summed E-state index contributed by atoms with van der Waals surface area (Å²) in [6, 6.07) is 0. The normalized spacial score (nSPS) is 14.6. The first-order valence-corrected chi connectivity index (χ1v) is 6.34. The maximum absolute atomic E-state index is 9.47. The fourth-order valence-electron chi connectivity index (χ4n) is 1.06. The van der Waals surface area contributed by atoms with Gasteiger partial charge in [0, 0.05) is 18.0 Å². The number of hydrogen-bond donors (Lipinski definition) is 2. The van der Waals surface area contributed by atoms with Crippen molar-refractivity contribution in [2.75, 3.05) is 11.9 Å². The highest BCUT2D eigenvalue weighted by molar-refractivity contribution is 7.99. The van der Waals surface area contributed by atoms with Crippen LogP contribution < -0.4 is 5.32 Å². The quantitative estimate of drug-likeness (QED) is 0.610. The highest BCUT2D eigenvalue weighted by atomic mass is 32.2. The number of aliphatic hydroxyl groups excluding tert-OH is 1. The lowest BCUT2D eigenvalue weighted by molar-refractivity contribution is 0.196. The van der Waals surface area contributed by atoms with E-state index >= 15 is 0 Å². The van der Waals surface area contributed by atoms with Gasteiger partial charge in [-0.1, -0.05) is 6.92 Å². The van der Waals surface area contributed by atoms with Gasteiger partial charge in [-0.05, 0) is 26.3 Å². The molecule has 1 heterocycles. The molecule has 0 fully saturated rings. The molecule has 0 amide bonds. The summed E-state index contributed by atoms with van der Waals surface area (Å²) in [6.07, 6.45) is 1.46. The first kappa shape index (κ1) is 13.3. The third-order valence-corrected chi connectivity index (χ3v) is 3.64. The summed E-state index contributed by atoms with van der Waals surface area (Å²) in [5, 5.41) is 13.6. The van der Waals surface area contributed by atoms with Gasteiger partial charge in [0.2, 0.25) is 5.95 Å². The monoisotopic (exact) mass is 241 g/mol. The van der Waals surface area contributed by atoms with Crippen LogP contribution in [0.2, 0.25) is 0 Å². The van der Waals surface area contributed by atoms with Gasteiger partial charge in [-0.15, -0.1) is 11.8 Å². The Morgan fingerprint density at radius 1 is 1.50 bits per heavy atom. The zero-order valence-electron chi connectivity index (χ0n) is 10.2. The van der Waals surface area contributed by atoms with Crippen LogP contribution in [0, 0.1) is 6.92 Å². The van der Waals surface area contributed by atoms with E-state index in [1.54, 1.807) is 18.7 Å². The van der Waals surface area contributed by atoms with E-state index in [4.69, 9.17) is 0 Å². The van der Waals surface area contributed by atoms with Crippen molar-refractivity contribution in [2.45, 2.75) is 44.1 Å². The average molecular weight is 241 g/mol. The van der Waals surface area contributed by atoms with Crippen molar-refractivity contribution in [3.05, 3.63) is 11.8 Å². The van der Waals surface area contributed by atoms with E-state index in [1.165, 1.54) is 0 Å². The Kier molecular flexibility index (Phi) is 5.02. The molecule has 0 aliphatic heterocycles. The Hall–Kier alpha value is -0.810. The lowest BCUT2D eigenvalue weighted by Gasteiger charge is -2.15. The smallest absolute Gasteiger partial charge is 0.223 e. The minimum Gasteiger partial charge on any atom is -0.392 e. The molecular weight excluding hydrogens is 222 g/mol. The molecule has 1 aromatic rings. The molecule has 2 unspecified atom stereocenters. The average Bonchev–Trinajstić information content (AvgIpc) is 2.23. The lowest BCUT2D eigenvalue weighted by atomic mass is 10.3. The van der Waals surface area contributed by atoms with Gasteiger partial charge in [0.25, 0.3) is 0 Å². The SMILES string of the molecule is CCNc1ncc(C)c(SC(C)C(C)O)n1. The molecule has 0 aliphatic rings. The molecule has 16 heavy (non-hydrogen) atoms. The van der Waals surface area contributed by atoms with Crippen LogP contribution in [0.25, 0.3) is 0 Å². The van der Waals surface area contributed by atoms with Gasteiger partial charge in [-0.3, -0.25) is 0 Å². The van der Waals surface area contributed by atoms with Crippen LogP contribution in [0.1, 0.15) is 26.3 Å². The minimum absolute atomic E-state index is 0.128. The topological polar surface area (TPSA) is 58.0 Å². The second kappa shape index (κ2) is 6.06. The van der Waals surface area contributed by atoms with E-state index in [-0.39, 0.29) is 11.4 Å². The molecule has 0 saturated heterocycles. The van der Waals surface area contributed by atoms with E-state index in [0.717, 1.165) is 17.1 Å². The van der Waals surface area contributed by atoms with Gasteiger partial charge in [-0.2, -0.15) is 0 Å². The fraction of sp³-hybridized carbons (Fsp3) is 0.636. The van der Waals surface area contributed by atoms with E-state index in [9.17, 15) is 5.11 Å². The van der Waals surface area contributed by atoms with Gasteiger partial charge in [0.15, 0.2) is 0 Å². The fourth-order valence-corrected chi connectivity index (χ4v) is 1.99. The summed E-state index contributed by atoms with van der Waals surface area (Å²) in [4.78, 5) is 8.60.